The van der Waals surface area contributed by atoms with Crippen LogP contribution in [0.15, 0.2) is 48.5 Å². The zero-order chi connectivity index (χ0) is 18.6. The van der Waals surface area contributed by atoms with Crippen molar-refractivity contribution in [3.63, 3.8) is 0 Å². The summed E-state index contributed by atoms with van der Waals surface area (Å²) in [5.74, 6) is 0.847. The molecular formula is C21H24ClN3O2. The Kier molecular flexibility index (Phi) is 5.50. The Morgan fingerprint density at radius 2 is 1.89 bits per heavy atom. The minimum absolute atomic E-state index is 0.0444. The summed E-state index contributed by atoms with van der Waals surface area (Å²) in [5, 5.41) is 10.3. The molecule has 3 atom stereocenters. The fourth-order valence-electron chi connectivity index (χ4n) is 3.88. The lowest BCUT2D eigenvalue weighted by Gasteiger charge is -2.31. The van der Waals surface area contributed by atoms with Crippen molar-refractivity contribution >= 4 is 17.6 Å². The van der Waals surface area contributed by atoms with Crippen molar-refractivity contribution in [2.24, 2.45) is 0 Å². The molecule has 6 heteroatoms. The minimum Gasteiger partial charge on any atom is -0.489 e. The second-order valence-electron chi connectivity index (χ2n) is 7.25. The fraction of sp³-hybridized carbons (Fsp3) is 0.381. The zero-order valence-electron chi connectivity index (χ0n) is 15.1. The predicted molar refractivity (Wildman–Crippen MR) is 106 cm³/mol. The van der Waals surface area contributed by atoms with E-state index in [2.05, 4.69) is 28.1 Å². The average Bonchev–Trinajstić information content (AvgIpc) is 3.05. The highest BCUT2D eigenvalue weighted by Crippen LogP contribution is 2.26. The number of hydrogen-bond donors (Lipinski definition) is 3. The number of halogens is 1. The Bertz CT molecular complexity index is 799. The lowest BCUT2D eigenvalue weighted by molar-refractivity contribution is 0.247. The lowest BCUT2D eigenvalue weighted by Crippen LogP contribution is -2.46. The first-order valence-electron chi connectivity index (χ1n) is 9.43. The van der Waals surface area contributed by atoms with Gasteiger partial charge >= 0.3 is 6.03 Å². The van der Waals surface area contributed by atoms with Crippen LogP contribution in [0.5, 0.6) is 5.75 Å². The molecule has 0 radical (unpaired) electrons. The van der Waals surface area contributed by atoms with Crippen LogP contribution in [0.4, 0.5) is 4.79 Å². The van der Waals surface area contributed by atoms with Crippen LogP contribution in [0.25, 0.3) is 0 Å². The molecule has 4 rings (SSSR count). The molecule has 3 N–H and O–H groups in total. The van der Waals surface area contributed by atoms with Gasteiger partial charge in [-0.15, -0.1) is 0 Å². The first kappa shape index (κ1) is 18.1. The number of carbonyl (C=O) groups excluding carboxylic acids is 1. The van der Waals surface area contributed by atoms with Crippen LogP contribution < -0.4 is 20.7 Å². The molecule has 1 aliphatic heterocycles. The third-order valence-electron chi connectivity index (χ3n) is 5.32. The molecule has 142 valence electrons. The van der Waals surface area contributed by atoms with Gasteiger partial charge in [-0.25, -0.2) is 4.79 Å². The number of amides is 2. The Morgan fingerprint density at radius 3 is 2.74 bits per heavy atom. The molecule has 1 saturated heterocycles. The van der Waals surface area contributed by atoms with Gasteiger partial charge in [0.15, 0.2) is 0 Å². The first-order chi connectivity index (χ1) is 13.2. The maximum atomic E-state index is 11.5. The van der Waals surface area contributed by atoms with Gasteiger partial charge in [-0.2, -0.15) is 0 Å². The highest BCUT2D eigenvalue weighted by molar-refractivity contribution is 6.30. The molecule has 1 saturated carbocycles. The molecule has 2 aromatic rings. The normalized spacial score (nSPS) is 24.0. The fourth-order valence-corrected chi connectivity index (χ4v) is 4.08. The van der Waals surface area contributed by atoms with E-state index >= 15 is 0 Å². The quantitative estimate of drug-likeness (QED) is 0.711. The molecule has 2 aromatic carbocycles. The molecule has 1 aliphatic carbocycles. The summed E-state index contributed by atoms with van der Waals surface area (Å²) in [6.07, 6.45) is 2.97. The number of urea groups is 1. The molecule has 2 aliphatic rings. The zero-order valence-corrected chi connectivity index (χ0v) is 15.8. The van der Waals surface area contributed by atoms with E-state index in [-0.39, 0.29) is 18.1 Å². The van der Waals surface area contributed by atoms with Gasteiger partial charge in [0.1, 0.15) is 12.4 Å². The first-order valence-corrected chi connectivity index (χ1v) is 9.81. The van der Waals surface area contributed by atoms with Crippen molar-refractivity contribution in [1.29, 1.82) is 0 Å². The van der Waals surface area contributed by atoms with Crippen molar-refractivity contribution in [2.45, 2.75) is 50.5 Å². The number of benzene rings is 2. The Labute approximate surface area is 164 Å². The van der Waals surface area contributed by atoms with Gasteiger partial charge in [0.25, 0.3) is 0 Å². The molecule has 2 amide bonds. The maximum absolute atomic E-state index is 11.5. The Balaban J connectivity index is 1.36. The molecule has 0 spiro atoms. The molecule has 0 bridgehead atoms. The van der Waals surface area contributed by atoms with E-state index < -0.39 is 0 Å². The van der Waals surface area contributed by atoms with Crippen molar-refractivity contribution in [1.82, 2.24) is 16.0 Å². The summed E-state index contributed by atoms with van der Waals surface area (Å²) in [4.78, 5) is 11.5. The molecule has 1 heterocycles. The third-order valence-corrected chi connectivity index (χ3v) is 5.56. The Hall–Kier alpha value is -2.24. The van der Waals surface area contributed by atoms with E-state index in [9.17, 15) is 4.79 Å². The van der Waals surface area contributed by atoms with Gasteiger partial charge in [0.05, 0.1) is 12.1 Å². The number of ether oxygens (including phenoxy) is 1. The number of rotatable bonds is 6. The van der Waals surface area contributed by atoms with E-state index in [1.807, 2.05) is 36.4 Å². The van der Waals surface area contributed by atoms with Crippen molar-refractivity contribution in [2.75, 3.05) is 0 Å². The van der Waals surface area contributed by atoms with Crippen LogP contribution in [0.2, 0.25) is 5.02 Å². The molecule has 3 unspecified atom stereocenters. The van der Waals surface area contributed by atoms with Crippen LogP contribution >= 0.6 is 11.6 Å². The molecule has 5 nitrogen and oxygen atoms in total. The van der Waals surface area contributed by atoms with E-state index in [1.54, 1.807) is 0 Å². The SMILES string of the molecule is O=C1NC2CCC(NCc3cc(Cl)ccc3OCc3ccccc3)CC2N1. The van der Waals surface area contributed by atoms with Crippen LogP contribution in [-0.2, 0) is 13.2 Å². The number of hydrogen-bond acceptors (Lipinski definition) is 3. The van der Waals surface area contributed by atoms with Crippen LogP contribution in [0, 0.1) is 0 Å². The number of fused-ring (bicyclic) bond motifs is 1. The van der Waals surface area contributed by atoms with Gasteiger partial charge in [-0.05, 0) is 43.0 Å². The summed E-state index contributed by atoms with van der Waals surface area (Å²) < 4.78 is 6.04. The van der Waals surface area contributed by atoms with E-state index in [0.717, 1.165) is 36.1 Å². The molecule has 0 aromatic heterocycles. The Morgan fingerprint density at radius 1 is 1.07 bits per heavy atom. The van der Waals surface area contributed by atoms with E-state index in [1.165, 1.54) is 0 Å². The van der Waals surface area contributed by atoms with E-state index in [4.69, 9.17) is 16.3 Å². The smallest absolute Gasteiger partial charge is 0.315 e. The average molecular weight is 386 g/mol. The predicted octanol–water partition coefficient (Wildman–Crippen LogP) is 3.61. The standard InChI is InChI=1S/C21H24ClN3O2/c22-16-6-9-20(27-13-14-4-2-1-3-5-14)15(10-16)12-23-17-7-8-18-19(11-17)25-21(26)24-18/h1-6,9-10,17-19,23H,7-8,11-13H2,(H2,24,25,26). The van der Waals surface area contributed by atoms with Crippen LogP contribution in [-0.4, -0.2) is 24.2 Å². The third kappa shape index (κ3) is 4.54. The monoisotopic (exact) mass is 385 g/mol. The number of nitrogens with one attached hydrogen (secondary N) is 3. The van der Waals surface area contributed by atoms with Crippen molar-refractivity contribution in [3.8, 4) is 5.75 Å². The summed E-state index contributed by atoms with van der Waals surface area (Å²) in [6, 6.07) is 16.7. The van der Waals surface area contributed by atoms with Crippen molar-refractivity contribution < 1.29 is 9.53 Å². The number of carbonyl (C=O) groups is 1. The highest BCUT2D eigenvalue weighted by atomic mass is 35.5. The maximum Gasteiger partial charge on any atom is 0.315 e. The van der Waals surface area contributed by atoms with Gasteiger partial charge in [-0.1, -0.05) is 41.9 Å². The molecule has 2 fully saturated rings. The second-order valence-corrected chi connectivity index (χ2v) is 7.68. The molecule has 27 heavy (non-hydrogen) atoms. The summed E-state index contributed by atoms with van der Waals surface area (Å²) in [6.45, 7) is 1.22. The van der Waals surface area contributed by atoms with Crippen molar-refractivity contribution in [3.05, 3.63) is 64.7 Å². The van der Waals surface area contributed by atoms with Crippen LogP contribution in [0.3, 0.4) is 0 Å². The second kappa shape index (κ2) is 8.19. The largest absolute Gasteiger partial charge is 0.489 e. The molecular weight excluding hydrogens is 362 g/mol. The topological polar surface area (TPSA) is 62.4 Å². The lowest BCUT2D eigenvalue weighted by atomic mass is 9.88. The van der Waals surface area contributed by atoms with Gasteiger partial charge < -0.3 is 20.7 Å². The van der Waals surface area contributed by atoms with Gasteiger partial charge in [0.2, 0.25) is 0 Å². The summed E-state index contributed by atoms with van der Waals surface area (Å²) in [5.41, 5.74) is 2.18. The van der Waals surface area contributed by atoms with Gasteiger partial charge in [-0.3, -0.25) is 0 Å². The van der Waals surface area contributed by atoms with Crippen LogP contribution in [0.1, 0.15) is 30.4 Å². The highest BCUT2D eigenvalue weighted by Gasteiger charge is 2.36. The summed E-state index contributed by atoms with van der Waals surface area (Å²) in [7, 11) is 0. The van der Waals surface area contributed by atoms with E-state index in [0.29, 0.717) is 24.2 Å². The summed E-state index contributed by atoms with van der Waals surface area (Å²) >= 11 is 6.21. The minimum atomic E-state index is -0.0444. The van der Waals surface area contributed by atoms with Gasteiger partial charge in [0, 0.05) is 23.2 Å².